The molecule has 2 rings (SSSR count). The highest BCUT2D eigenvalue weighted by molar-refractivity contribution is 7.98. The molecule has 0 aromatic heterocycles. The van der Waals surface area contributed by atoms with Crippen LogP contribution in [-0.4, -0.2) is 67.1 Å². The summed E-state index contributed by atoms with van der Waals surface area (Å²) in [6, 6.07) is 1.46. The maximum absolute atomic E-state index is 5.98. The predicted octanol–water partition coefficient (Wildman–Crippen LogP) is 1.48. The van der Waals surface area contributed by atoms with E-state index in [2.05, 4.69) is 23.1 Å². The van der Waals surface area contributed by atoms with E-state index in [-0.39, 0.29) is 0 Å². The van der Waals surface area contributed by atoms with Gasteiger partial charge in [-0.1, -0.05) is 0 Å². The summed E-state index contributed by atoms with van der Waals surface area (Å²) >= 11 is 1.94. The van der Waals surface area contributed by atoms with Gasteiger partial charge in [-0.15, -0.1) is 0 Å². The second kappa shape index (κ2) is 7.13. The van der Waals surface area contributed by atoms with Crippen molar-refractivity contribution in [1.29, 1.82) is 0 Å². The van der Waals surface area contributed by atoms with Crippen molar-refractivity contribution < 1.29 is 0 Å². The maximum Gasteiger partial charge on any atom is 0.0226 e. The molecule has 0 radical (unpaired) electrons. The molecule has 0 amide bonds. The SMILES string of the molecule is CSCCC(CN)N1CCC2C(CCCN2C)C1. The summed E-state index contributed by atoms with van der Waals surface area (Å²) in [4.78, 5) is 5.27. The van der Waals surface area contributed by atoms with Gasteiger partial charge in [0.2, 0.25) is 0 Å². The number of fused-ring (bicyclic) bond motifs is 1. The predicted molar refractivity (Wildman–Crippen MR) is 81.2 cm³/mol. The van der Waals surface area contributed by atoms with Gasteiger partial charge in [-0.25, -0.2) is 0 Å². The van der Waals surface area contributed by atoms with Gasteiger partial charge < -0.3 is 10.6 Å². The van der Waals surface area contributed by atoms with E-state index in [1.165, 1.54) is 51.1 Å². The fourth-order valence-corrected chi connectivity index (χ4v) is 4.22. The van der Waals surface area contributed by atoms with Crippen molar-refractivity contribution in [3.8, 4) is 0 Å². The number of likely N-dealkylation sites (tertiary alicyclic amines) is 2. The van der Waals surface area contributed by atoms with E-state index in [4.69, 9.17) is 5.73 Å². The fraction of sp³-hybridized carbons (Fsp3) is 1.00. The molecule has 2 fully saturated rings. The Bertz CT molecular complexity index is 249. The Kier molecular flexibility index (Phi) is 5.80. The molecule has 3 atom stereocenters. The zero-order valence-electron chi connectivity index (χ0n) is 12.0. The average Bonchev–Trinajstić information content (AvgIpc) is 2.40. The summed E-state index contributed by atoms with van der Waals surface area (Å²) in [5.41, 5.74) is 5.98. The number of hydrogen-bond acceptors (Lipinski definition) is 4. The number of thioether (sulfide) groups is 1. The third-order valence-corrected chi connectivity index (χ3v) is 5.46. The van der Waals surface area contributed by atoms with Crippen LogP contribution in [0.4, 0.5) is 0 Å². The highest BCUT2D eigenvalue weighted by atomic mass is 32.2. The highest BCUT2D eigenvalue weighted by Gasteiger charge is 2.35. The van der Waals surface area contributed by atoms with E-state index in [1.54, 1.807) is 0 Å². The first kappa shape index (κ1) is 14.6. The topological polar surface area (TPSA) is 32.5 Å². The molecule has 2 aliphatic heterocycles. The van der Waals surface area contributed by atoms with Crippen LogP contribution in [-0.2, 0) is 0 Å². The minimum atomic E-state index is 0.616. The Hall–Kier alpha value is 0.230. The molecule has 0 spiro atoms. The van der Waals surface area contributed by atoms with Gasteiger partial charge in [0.05, 0.1) is 0 Å². The maximum atomic E-state index is 5.98. The Morgan fingerprint density at radius 2 is 2.17 bits per heavy atom. The van der Waals surface area contributed by atoms with Gasteiger partial charge in [-0.05, 0) is 63.7 Å². The molecule has 2 heterocycles. The second-order valence-corrected chi connectivity index (χ2v) is 6.89. The van der Waals surface area contributed by atoms with Crippen molar-refractivity contribution in [2.45, 2.75) is 37.8 Å². The zero-order chi connectivity index (χ0) is 13.0. The van der Waals surface area contributed by atoms with Crippen molar-refractivity contribution in [1.82, 2.24) is 9.80 Å². The molecule has 0 aliphatic carbocycles. The molecule has 106 valence electrons. The van der Waals surface area contributed by atoms with Crippen molar-refractivity contribution in [2.75, 3.05) is 45.2 Å². The Morgan fingerprint density at radius 1 is 1.33 bits per heavy atom. The molecule has 0 aromatic carbocycles. The second-order valence-electron chi connectivity index (χ2n) is 5.90. The summed E-state index contributed by atoms with van der Waals surface area (Å²) in [7, 11) is 2.31. The number of nitrogens with zero attached hydrogens (tertiary/aromatic N) is 2. The smallest absolute Gasteiger partial charge is 0.0226 e. The third kappa shape index (κ3) is 3.41. The molecule has 3 nitrogen and oxygen atoms in total. The molecular formula is C14H29N3S. The van der Waals surface area contributed by atoms with Crippen molar-refractivity contribution in [2.24, 2.45) is 11.7 Å². The van der Waals surface area contributed by atoms with Crippen molar-refractivity contribution >= 4 is 11.8 Å². The number of rotatable bonds is 5. The molecule has 18 heavy (non-hydrogen) atoms. The molecule has 3 unspecified atom stereocenters. The monoisotopic (exact) mass is 271 g/mol. The summed E-state index contributed by atoms with van der Waals surface area (Å²) in [5, 5.41) is 0. The summed E-state index contributed by atoms with van der Waals surface area (Å²) in [6.45, 7) is 4.66. The first-order chi connectivity index (χ1) is 8.76. The van der Waals surface area contributed by atoms with Crippen LogP contribution in [0.3, 0.4) is 0 Å². The van der Waals surface area contributed by atoms with Crippen molar-refractivity contribution in [3.63, 3.8) is 0 Å². The standard InChI is InChI=1S/C14H29N3S/c1-16-7-3-4-12-11-17(8-5-14(12)16)13(10-15)6-9-18-2/h12-14H,3-11,15H2,1-2H3. The molecule has 4 heteroatoms. The molecule has 2 N–H and O–H groups in total. The van der Waals surface area contributed by atoms with E-state index in [0.717, 1.165) is 18.5 Å². The summed E-state index contributed by atoms with van der Waals surface area (Å²) in [6.07, 6.45) is 7.59. The Labute approximate surface area is 116 Å². The number of nitrogens with two attached hydrogens (primary N) is 1. The highest BCUT2D eigenvalue weighted by Crippen LogP contribution is 2.30. The lowest BCUT2D eigenvalue weighted by Gasteiger charge is -2.48. The van der Waals surface area contributed by atoms with Gasteiger partial charge in [0.15, 0.2) is 0 Å². The van der Waals surface area contributed by atoms with Crippen LogP contribution in [0.5, 0.6) is 0 Å². The van der Waals surface area contributed by atoms with Crippen LogP contribution in [0, 0.1) is 5.92 Å². The molecule has 0 saturated carbocycles. The first-order valence-corrected chi connectivity index (χ1v) is 8.79. The minimum Gasteiger partial charge on any atom is -0.329 e. The van der Waals surface area contributed by atoms with E-state index in [1.807, 2.05) is 11.8 Å². The van der Waals surface area contributed by atoms with Crippen LogP contribution < -0.4 is 5.73 Å². The average molecular weight is 271 g/mol. The van der Waals surface area contributed by atoms with E-state index >= 15 is 0 Å². The quantitative estimate of drug-likeness (QED) is 0.821. The largest absolute Gasteiger partial charge is 0.329 e. The normalized spacial score (nSPS) is 32.2. The van der Waals surface area contributed by atoms with Crippen molar-refractivity contribution in [3.05, 3.63) is 0 Å². The lowest BCUT2D eigenvalue weighted by molar-refractivity contribution is 0.0211. The molecule has 0 aromatic rings. The number of hydrogen-bond donors (Lipinski definition) is 1. The number of piperidine rings is 2. The van der Waals surface area contributed by atoms with Crippen LogP contribution in [0.1, 0.15) is 25.7 Å². The van der Waals surface area contributed by atoms with E-state index < -0.39 is 0 Å². The van der Waals surface area contributed by atoms with Gasteiger partial charge in [0.1, 0.15) is 0 Å². The first-order valence-electron chi connectivity index (χ1n) is 7.39. The van der Waals surface area contributed by atoms with Crippen LogP contribution in [0.2, 0.25) is 0 Å². The minimum absolute atomic E-state index is 0.616. The van der Waals surface area contributed by atoms with Gasteiger partial charge in [-0.2, -0.15) is 11.8 Å². The summed E-state index contributed by atoms with van der Waals surface area (Å²) in [5.74, 6) is 2.13. The molecule has 0 bridgehead atoms. The third-order valence-electron chi connectivity index (χ3n) is 4.82. The van der Waals surface area contributed by atoms with Crippen LogP contribution >= 0.6 is 11.8 Å². The van der Waals surface area contributed by atoms with Crippen LogP contribution in [0.15, 0.2) is 0 Å². The summed E-state index contributed by atoms with van der Waals surface area (Å²) < 4.78 is 0. The lowest BCUT2D eigenvalue weighted by Crippen LogP contribution is -2.56. The fourth-order valence-electron chi connectivity index (χ4n) is 3.72. The molecule has 2 aliphatic rings. The Balaban J connectivity index is 1.88. The van der Waals surface area contributed by atoms with Gasteiger partial charge in [0.25, 0.3) is 0 Å². The molecule has 2 saturated heterocycles. The van der Waals surface area contributed by atoms with Gasteiger partial charge in [0, 0.05) is 25.2 Å². The lowest BCUT2D eigenvalue weighted by atomic mass is 9.83. The van der Waals surface area contributed by atoms with Crippen LogP contribution in [0.25, 0.3) is 0 Å². The van der Waals surface area contributed by atoms with E-state index in [0.29, 0.717) is 6.04 Å². The molecular weight excluding hydrogens is 242 g/mol. The van der Waals surface area contributed by atoms with E-state index in [9.17, 15) is 0 Å². The van der Waals surface area contributed by atoms with Gasteiger partial charge in [-0.3, -0.25) is 4.90 Å². The zero-order valence-corrected chi connectivity index (χ0v) is 12.8. The van der Waals surface area contributed by atoms with Gasteiger partial charge >= 0.3 is 0 Å². The Morgan fingerprint density at radius 3 is 2.89 bits per heavy atom.